The number of carbonyl (C=O) groups excluding carboxylic acids is 2. The van der Waals surface area contributed by atoms with E-state index in [1.54, 1.807) is 0 Å². The molecule has 0 aromatic heterocycles. The van der Waals surface area contributed by atoms with Crippen LogP contribution in [-0.2, 0) is 9.59 Å². The average molecular weight is 296 g/mol. The average Bonchev–Trinajstić information content (AvgIpc) is 2.56. The van der Waals surface area contributed by atoms with E-state index in [4.69, 9.17) is 0 Å². The van der Waals surface area contributed by atoms with E-state index in [2.05, 4.69) is 10.6 Å². The van der Waals surface area contributed by atoms with Crippen LogP contribution in [0.1, 0.15) is 37.1 Å². The minimum absolute atomic E-state index is 0.216. The molecule has 0 fully saturated rings. The van der Waals surface area contributed by atoms with Crippen molar-refractivity contribution in [2.24, 2.45) is 0 Å². The van der Waals surface area contributed by atoms with Gasteiger partial charge in [-0.3, -0.25) is 9.59 Å². The monoisotopic (exact) mass is 296 g/mol. The van der Waals surface area contributed by atoms with Crippen LogP contribution < -0.4 is 10.6 Å². The second kappa shape index (κ2) is 7.41. The van der Waals surface area contributed by atoms with Crippen LogP contribution in [0.5, 0.6) is 0 Å². The van der Waals surface area contributed by atoms with Crippen LogP contribution in [0.25, 0.3) is 0 Å². The molecule has 4 heteroatoms. The molecule has 0 aliphatic carbocycles. The molecule has 0 radical (unpaired) electrons. The van der Waals surface area contributed by atoms with Crippen LogP contribution in [0.3, 0.4) is 0 Å². The number of rotatable bonds is 4. The third-order valence-corrected chi connectivity index (χ3v) is 3.50. The molecule has 0 unspecified atom stereocenters. The first kappa shape index (κ1) is 15.8. The number of hydrogen-bond donors (Lipinski definition) is 2. The summed E-state index contributed by atoms with van der Waals surface area (Å²) in [6, 6.07) is 18.6. The Kier molecular flexibility index (Phi) is 5.31. The summed E-state index contributed by atoms with van der Waals surface area (Å²) in [5.41, 5.74) is 1.92. The molecule has 0 spiro atoms. The van der Waals surface area contributed by atoms with Crippen LogP contribution in [-0.4, -0.2) is 11.8 Å². The van der Waals surface area contributed by atoms with Crippen LogP contribution in [0.15, 0.2) is 60.7 Å². The summed E-state index contributed by atoms with van der Waals surface area (Å²) in [4.78, 5) is 23.9. The Morgan fingerprint density at radius 2 is 1.00 bits per heavy atom. The highest BCUT2D eigenvalue weighted by molar-refractivity contribution is 6.35. The molecular formula is C18H20N2O2. The molecule has 0 heterocycles. The van der Waals surface area contributed by atoms with Crippen LogP contribution >= 0.6 is 0 Å². The zero-order valence-corrected chi connectivity index (χ0v) is 12.7. The molecule has 0 aliphatic rings. The zero-order valence-electron chi connectivity index (χ0n) is 12.7. The van der Waals surface area contributed by atoms with Gasteiger partial charge in [-0.05, 0) is 25.0 Å². The Morgan fingerprint density at radius 3 is 1.32 bits per heavy atom. The number of benzene rings is 2. The quantitative estimate of drug-likeness (QED) is 0.852. The van der Waals surface area contributed by atoms with Gasteiger partial charge in [0.05, 0.1) is 12.1 Å². The van der Waals surface area contributed by atoms with E-state index in [-0.39, 0.29) is 12.1 Å². The van der Waals surface area contributed by atoms with E-state index in [1.165, 1.54) is 0 Å². The summed E-state index contributed by atoms with van der Waals surface area (Å²) in [6.07, 6.45) is 0. The lowest BCUT2D eigenvalue weighted by Crippen LogP contribution is -2.41. The lowest BCUT2D eigenvalue weighted by Gasteiger charge is -2.17. The van der Waals surface area contributed by atoms with Gasteiger partial charge in [0.15, 0.2) is 0 Å². The van der Waals surface area contributed by atoms with E-state index >= 15 is 0 Å². The van der Waals surface area contributed by atoms with Crippen LogP contribution in [0.4, 0.5) is 0 Å². The van der Waals surface area contributed by atoms with E-state index in [1.807, 2.05) is 74.5 Å². The largest absolute Gasteiger partial charge is 0.341 e. The smallest absolute Gasteiger partial charge is 0.309 e. The molecule has 22 heavy (non-hydrogen) atoms. The van der Waals surface area contributed by atoms with Crippen molar-refractivity contribution in [3.05, 3.63) is 71.8 Å². The van der Waals surface area contributed by atoms with Crippen molar-refractivity contribution in [1.29, 1.82) is 0 Å². The fourth-order valence-corrected chi connectivity index (χ4v) is 2.17. The summed E-state index contributed by atoms with van der Waals surface area (Å²) in [5, 5.41) is 5.40. The zero-order chi connectivity index (χ0) is 15.9. The molecule has 0 saturated carbocycles. The Morgan fingerprint density at radius 1 is 0.682 bits per heavy atom. The van der Waals surface area contributed by atoms with Gasteiger partial charge in [-0.15, -0.1) is 0 Å². The SMILES string of the molecule is C[C@@H](NC(=O)C(=O)N[C@H](C)c1ccccc1)c1ccccc1. The van der Waals surface area contributed by atoms with Crippen LogP contribution in [0.2, 0.25) is 0 Å². The van der Waals surface area contributed by atoms with Crippen molar-refractivity contribution in [1.82, 2.24) is 10.6 Å². The molecule has 2 atom stereocenters. The number of amides is 2. The Bertz CT molecular complexity index is 569. The van der Waals surface area contributed by atoms with Crippen molar-refractivity contribution in [3.8, 4) is 0 Å². The topological polar surface area (TPSA) is 58.2 Å². The minimum atomic E-state index is -0.626. The highest BCUT2D eigenvalue weighted by Crippen LogP contribution is 2.12. The van der Waals surface area contributed by atoms with Crippen LogP contribution in [0, 0.1) is 0 Å². The summed E-state index contributed by atoms with van der Waals surface area (Å²) in [6.45, 7) is 3.70. The summed E-state index contributed by atoms with van der Waals surface area (Å²) >= 11 is 0. The second-order valence-corrected chi connectivity index (χ2v) is 5.21. The van der Waals surface area contributed by atoms with Gasteiger partial charge >= 0.3 is 11.8 Å². The molecular weight excluding hydrogens is 276 g/mol. The highest BCUT2D eigenvalue weighted by atomic mass is 16.2. The molecule has 2 amide bonds. The molecule has 0 saturated heterocycles. The van der Waals surface area contributed by atoms with Crippen molar-refractivity contribution in [3.63, 3.8) is 0 Å². The molecule has 2 N–H and O–H groups in total. The van der Waals surface area contributed by atoms with Gasteiger partial charge < -0.3 is 10.6 Å². The van der Waals surface area contributed by atoms with Gasteiger partial charge in [-0.25, -0.2) is 0 Å². The first-order valence-electron chi connectivity index (χ1n) is 7.29. The Hall–Kier alpha value is -2.62. The number of carbonyl (C=O) groups is 2. The van der Waals surface area contributed by atoms with Crippen molar-refractivity contribution >= 4 is 11.8 Å². The first-order valence-corrected chi connectivity index (χ1v) is 7.29. The summed E-state index contributed by atoms with van der Waals surface area (Å²) in [7, 11) is 0. The second-order valence-electron chi connectivity index (χ2n) is 5.21. The van der Waals surface area contributed by atoms with E-state index in [9.17, 15) is 9.59 Å². The minimum Gasteiger partial charge on any atom is -0.341 e. The predicted octanol–water partition coefficient (Wildman–Crippen LogP) is 2.74. The predicted molar refractivity (Wildman–Crippen MR) is 86.0 cm³/mol. The molecule has 0 bridgehead atoms. The highest BCUT2D eigenvalue weighted by Gasteiger charge is 2.19. The molecule has 0 aliphatic heterocycles. The molecule has 2 aromatic carbocycles. The van der Waals surface area contributed by atoms with Crippen molar-refractivity contribution in [2.45, 2.75) is 25.9 Å². The van der Waals surface area contributed by atoms with E-state index < -0.39 is 11.8 Å². The first-order chi connectivity index (χ1) is 10.6. The van der Waals surface area contributed by atoms with Gasteiger partial charge in [-0.2, -0.15) is 0 Å². The number of hydrogen-bond acceptors (Lipinski definition) is 2. The fraction of sp³-hybridized carbons (Fsp3) is 0.222. The summed E-state index contributed by atoms with van der Waals surface area (Å²) in [5.74, 6) is -1.25. The maximum Gasteiger partial charge on any atom is 0.309 e. The molecule has 2 rings (SSSR count). The van der Waals surface area contributed by atoms with E-state index in [0.29, 0.717) is 0 Å². The maximum atomic E-state index is 12.0. The fourth-order valence-electron chi connectivity index (χ4n) is 2.17. The maximum absolute atomic E-state index is 12.0. The molecule has 2 aromatic rings. The van der Waals surface area contributed by atoms with Gasteiger partial charge in [0.25, 0.3) is 0 Å². The molecule has 4 nitrogen and oxygen atoms in total. The standard InChI is InChI=1S/C18H20N2O2/c1-13(15-9-5-3-6-10-15)19-17(21)18(22)20-14(2)16-11-7-4-8-12-16/h3-14H,1-2H3,(H,19,21)(H,20,22)/t13-,14-/m1/s1. The molecule has 114 valence electrons. The lowest BCUT2D eigenvalue weighted by molar-refractivity contribution is -0.140. The normalized spacial score (nSPS) is 13.0. The van der Waals surface area contributed by atoms with Gasteiger partial charge in [-0.1, -0.05) is 60.7 Å². The lowest BCUT2D eigenvalue weighted by atomic mass is 10.1. The Labute approximate surface area is 130 Å². The van der Waals surface area contributed by atoms with E-state index in [0.717, 1.165) is 11.1 Å². The third-order valence-electron chi connectivity index (χ3n) is 3.50. The van der Waals surface area contributed by atoms with Gasteiger partial charge in [0.1, 0.15) is 0 Å². The Balaban J connectivity index is 1.91. The van der Waals surface area contributed by atoms with Crippen molar-refractivity contribution in [2.75, 3.05) is 0 Å². The third kappa shape index (κ3) is 4.19. The van der Waals surface area contributed by atoms with Crippen molar-refractivity contribution < 1.29 is 9.59 Å². The summed E-state index contributed by atoms with van der Waals surface area (Å²) < 4.78 is 0. The van der Waals surface area contributed by atoms with Gasteiger partial charge in [0.2, 0.25) is 0 Å². The van der Waals surface area contributed by atoms with Gasteiger partial charge in [0, 0.05) is 0 Å². The number of nitrogens with one attached hydrogen (secondary N) is 2.